The minimum absolute atomic E-state index is 0.295. The highest BCUT2D eigenvalue weighted by Gasteiger charge is 2.13. The molecule has 0 atom stereocenters. The Bertz CT molecular complexity index is 1100. The topological polar surface area (TPSA) is 79.8 Å². The van der Waals surface area contributed by atoms with Gasteiger partial charge in [0.25, 0.3) is 0 Å². The monoisotopic (exact) mass is 439 g/mol. The smallest absolute Gasteiger partial charge is 0.329 e. The summed E-state index contributed by atoms with van der Waals surface area (Å²) in [4.78, 5) is 23.8. The van der Waals surface area contributed by atoms with Gasteiger partial charge >= 0.3 is 11.8 Å². The van der Waals surface area contributed by atoms with Crippen LogP contribution in [0.15, 0.2) is 71.8 Å². The molecule has 2 amide bonds. The number of ether oxygens (including phenoxy) is 1. The molecular weight excluding hydrogens is 421 g/mol. The Kier molecular flexibility index (Phi) is 7.35. The first-order valence-corrected chi connectivity index (χ1v) is 9.66. The number of nitrogens with zero attached hydrogens (tertiary/aromatic N) is 1. The number of hydrogen-bond acceptors (Lipinski definition) is 4. The predicted octanol–water partition coefficient (Wildman–Crippen LogP) is 4.46. The number of carbonyl (C=O) groups excluding carboxylic acids is 2. The van der Waals surface area contributed by atoms with Crippen molar-refractivity contribution in [1.29, 1.82) is 0 Å². The molecule has 0 saturated heterocycles. The first kappa shape index (κ1) is 22.0. The zero-order valence-corrected chi connectivity index (χ0v) is 17.3. The van der Waals surface area contributed by atoms with E-state index >= 15 is 0 Å². The van der Waals surface area contributed by atoms with Crippen molar-refractivity contribution in [3.05, 3.63) is 94.3 Å². The molecule has 31 heavy (non-hydrogen) atoms. The lowest BCUT2D eigenvalue weighted by Crippen LogP contribution is -2.32. The molecule has 3 aromatic rings. The van der Waals surface area contributed by atoms with Crippen molar-refractivity contribution in [3.63, 3.8) is 0 Å². The van der Waals surface area contributed by atoms with Gasteiger partial charge in [-0.05, 0) is 72.1 Å². The van der Waals surface area contributed by atoms with E-state index in [9.17, 15) is 14.0 Å². The second kappa shape index (κ2) is 10.4. The summed E-state index contributed by atoms with van der Waals surface area (Å²) in [5, 5.41) is 6.72. The van der Waals surface area contributed by atoms with Crippen molar-refractivity contribution in [1.82, 2.24) is 5.43 Å². The molecule has 8 heteroatoms. The largest absolute Gasteiger partial charge is 0.489 e. The van der Waals surface area contributed by atoms with Crippen LogP contribution in [0, 0.1) is 12.7 Å². The zero-order valence-electron chi connectivity index (χ0n) is 16.6. The lowest BCUT2D eigenvalue weighted by molar-refractivity contribution is -0.136. The van der Waals surface area contributed by atoms with Crippen LogP contribution in [0.5, 0.6) is 5.75 Å². The summed E-state index contributed by atoms with van der Waals surface area (Å²) in [6.45, 7) is 2.14. The fourth-order valence-electron chi connectivity index (χ4n) is 2.47. The van der Waals surface area contributed by atoms with E-state index in [0.717, 1.165) is 11.1 Å². The van der Waals surface area contributed by atoms with Gasteiger partial charge in [0.15, 0.2) is 0 Å². The van der Waals surface area contributed by atoms with Crippen molar-refractivity contribution < 1.29 is 18.7 Å². The number of rotatable bonds is 6. The zero-order chi connectivity index (χ0) is 22.2. The molecule has 0 aromatic heterocycles. The minimum Gasteiger partial charge on any atom is -0.489 e. The number of anilines is 1. The average Bonchev–Trinajstić information content (AvgIpc) is 2.76. The molecule has 0 bridgehead atoms. The summed E-state index contributed by atoms with van der Waals surface area (Å²) in [5.41, 5.74) is 4.98. The Hall–Kier alpha value is -3.71. The molecule has 2 N–H and O–H groups in total. The van der Waals surface area contributed by atoms with Crippen LogP contribution in [0.2, 0.25) is 5.02 Å². The summed E-state index contributed by atoms with van der Waals surface area (Å²) in [6.07, 6.45) is 1.40. The predicted molar refractivity (Wildman–Crippen MR) is 118 cm³/mol. The summed E-state index contributed by atoms with van der Waals surface area (Å²) >= 11 is 6.00. The molecule has 0 heterocycles. The first-order valence-electron chi connectivity index (χ1n) is 9.28. The lowest BCUT2D eigenvalue weighted by atomic mass is 10.2. The SMILES string of the molecule is Cc1ccc(NC(=O)C(=O)NN=Cc2ccc(OCc3ccc(F)cc3)cc2)cc1Cl. The van der Waals surface area contributed by atoms with E-state index < -0.39 is 11.8 Å². The van der Waals surface area contributed by atoms with Crippen LogP contribution in [-0.2, 0) is 16.2 Å². The third kappa shape index (κ3) is 6.65. The Balaban J connectivity index is 1.47. The third-order valence-electron chi connectivity index (χ3n) is 4.21. The Labute approximate surface area is 183 Å². The normalized spacial score (nSPS) is 10.7. The Morgan fingerprint density at radius 2 is 1.74 bits per heavy atom. The molecule has 0 spiro atoms. The number of aryl methyl sites for hydroxylation is 1. The van der Waals surface area contributed by atoms with E-state index in [1.165, 1.54) is 18.3 Å². The molecule has 0 aliphatic heterocycles. The fourth-order valence-corrected chi connectivity index (χ4v) is 2.65. The maximum atomic E-state index is 12.9. The van der Waals surface area contributed by atoms with Crippen LogP contribution in [0.4, 0.5) is 10.1 Å². The van der Waals surface area contributed by atoms with Crippen molar-refractivity contribution in [3.8, 4) is 5.75 Å². The van der Waals surface area contributed by atoms with Gasteiger partial charge in [0.1, 0.15) is 18.2 Å². The summed E-state index contributed by atoms with van der Waals surface area (Å²) in [5.74, 6) is -1.44. The molecule has 3 aromatic carbocycles. The molecule has 3 rings (SSSR count). The Morgan fingerprint density at radius 3 is 2.42 bits per heavy atom. The van der Waals surface area contributed by atoms with Gasteiger partial charge in [0.2, 0.25) is 0 Å². The number of nitrogens with one attached hydrogen (secondary N) is 2. The van der Waals surface area contributed by atoms with Crippen LogP contribution in [0.25, 0.3) is 0 Å². The number of carbonyl (C=O) groups is 2. The number of benzene rings is 3. The second-order valence-electron chi connectivity index (χ2n) is 6.60. The van der Waals surface area contributed by atoms with Gasteiger partial charge in [-0.3, -0.25) is 9.59 Å². The highest BCUT2D eigenvalue weighted by atomic mass is 35.5. The number of hydrogen-bond donors (Lipinski definition) is 2. The molecule has 0 unspecified atom stereocenters. The second-order valence-corrected chi connectivity index (χ2v) is 7.01. The van der Waals surface area contributed by atoms with Gasteiger partial charge in [-0.25, -0.2) is 9.82 Å². The third-order valence-corrected chi connectivity index (χ3v) is 4.62. The molecule has 0 saturated carbocycles. The van der Waals surface area contributed by atoms with Crippen LogP contribution in [-0.4, -0.2) is 18.0 Å². The van der Waals surface area contributed by atoms with Crippen LogP contribution < -0.4 is 15.5 Å². The van der Waals surface area contributed by atoms with E-state index in [1.54, 1.807) is 54.6 Å². The van der Waals surface area contributed by atoms with Crippen LogP contribution in [0.3, 0.4) is 0 Å². The van der Waals surface area contributed by atoms with E-state index in [2.05, 4.69) is 15.8 Å². The average molecular weight is 440 g/mol. The van der Waals surface area contributed by atoms with E-state index in [4.69, 9.17) is 16.3 Å². The van der Waals surface area contributed by atoms with E-state index in [-0.39, 0.29) is 5.82 Å². The molecule has 6 nitrogen and oxygen atoms in total. The number of hydrazone groups is 1. The van der Waals surface area contributed by atoms with E-state index in [1.807, 2.05) is 6.92 Å². The Morgan fingerprint density at radius 1 is 1.03 bits per heavy atom. The van der Waals surface area contributed by atoms with Gasteiger partial charge in [-0.1, -0.05) is 29.8 Å². The maximum absolute atomic E-state index is 12.9. The van der Waals surface area contributed by atoms with Crippen molar-refractivity contribution in [2.75, 3.05) is 5.32 Å². The minimum atomic E-state index is -0.910. The van der Waals surface area contributed by atoms with Gasteiger partial charge in [-0.2, -0.15) is 5.10 Å². The van der Waals surface area contributed by atoms with Gasteiger partial charge < -0.3 is 10.1 Å². The summed E-state index contributed by atoms with van der Waals surface area (Å²) < 4.78 is 18.5. The first-order chi connectivity index (χ1) is 14.9. The van der Waals surface area contributed by atoms with Crippen molar-refractivity contribution in [2.45, 2.75) is 13.5 Å². The van der Waals surface area contributed by atoms with Crippen LogP contribution in [0.1, 0.15) is 16.7 Å². The molecule has 0 aliphatic rings. The highest BCUT2D eigenvalue weighted by Crippen LogP contribution is 2.19. The van der Waals surface area contributed by atoms with Crippen LogP contribution >= 0.6 is 11.6 Å². The van der Waals surface area contributed by atoms with Gasteiger partial charge in [0.05, 0.1) is 6.21 Å². The van der Waals surface area contributed by atoms with Gasteiger partial charge in [0, 0.05) is 10.7 Å². The van der Waals surface area contributed by atoms with Crippen molar-refractivity contribution in [2.24, 2.45) is 5.10 Å². The maximum Gasteiger partial charge on any atom is 0.329 e. The fraction of sp³-hybridized carbons (Fsp3) is 0.0870. The molecule has 0 fully saturated rings. The van der Waals surface area contributed by atoms with E-state index in [0.29, 0.717) is 28.6 Å². The molecule has 158 valence electrons. The molecular formula is C23H19ClFN3O3. The number of halogens is 2. The lowest BCUT2D eigenvalue weighted by Gasteiger charge is -2.06. The standard InChI is InChI=1S/C23H19ClFN3O3/c1-15-2-9-19(12-21(15)24)27-22(29)23(30)28-26-13-16-5-10-20(11-6-16)31-14-17-3-7-18(25)8-4-17/h2-13H,14H2,1H3,(H,27,29)(H,28,30). The quantitative estimate of drug-likeness (QED) is 0.338. The van der Waals surface area contributed by atoms with Gasteiger partial charge in [-0.15, -0.1) is 0 Å². The molecule has 0 radical (unpaired) electrons. The molecule has 0 aliphatic carbocycles. The highest BCUT2D eigenvalue weighted by molar-refractivity contribution is 6.39. The summed E-state index contributed by atoms with van der Waals surface area (Å²) in [6, 6.07) is 18.0. The summed E-state index contributed by atoms with van der Waals surface area (Å²) in [7, 11) is 0. The number of amides is 2. The van der Waals surface area contributed by atoms with Crippen molar-refractivity contribution >= 4 is 35.3 Å².